The number of aromatic nitrogens is 2. The van der Waals surface area contributed by atoms with Crippen molar-refractivity contribution < 1.29 is 4.79 Å². The van der Waals surface area contributed by atoms with E-state index in [1.807, 2.05) is 73.7 Å². The number of nitrogens with zero attached hydrogens (tertiary/aromatic N) is 3. The molecule has 6 heteroatoms. The summed E-state index contributed by atoms with van der Waals surface area (Å²) in [7, 11) is 0. The zero-order chi connectivity index (χ0) is 20.8. The first-order chi connectivity index (χ1) is 14.0. The van der Waals surface area contributed by atoms with Gasteiger partial charge < -0.3 is 5.32 Å². The van der Waals surface area contributed by atoms with Gasteiger partial charge in [0.15, 0.2) is 0 Å². The molecule has 5 nitrogen and oxygen atoms in total. The van der Waals surface area contributed by atoms with E-state index in [4.69, 9.17) is 11.6 Å². The van der Waals surface area contributed by atoms with Crippen LogP contribution in [-0.4, -0.2) is 15.7 Å². The molecule has 0 spiro atoms. The third kappa shape index (κ3) is 4.92. The number of aryl methyl sites for hydroxylation is 1. The maximum Gasteiger partial charge on any atom is 0.262 e. The molecule has 0 aliphatic heterocycles. The Morgan fingerprint density at radius 2 is 1.83 bits per heavy atom. The Balaban J connectivity index is 1.82. The van der Waals surface area contributed by atoms with Gasteiger partial charge in [-0.15, -0.1) is 0 Å². The van der Waals surface area contributed by atoms with Crippen molar-refractivity contribution in [2.24, 2.45) is 0 Å². The number of hydrogen-bond donors (Lipinski definition) is 1. The fourth-order valence-corrected chi connectivity index (χ4v) is 3.27. The molecule has 1 aromatic heterocycles. The van der Waals surface area contributed by atoms with Gasteiger partial charge >= 0.3 is 0 Å². The number of benzene rings is 2. The number of nitrogens with one attached hydrogen (secondary N) is 1. The first-order valence-electron chi connectivity index (χ1n) is 9.24. The molecule has 146 valence electrons. The van der Waals surface area contributed by atoms with Crippen molar-refractivity contribution in [2.45, 2.75) is 26.4 Å². The second kappa shape index (κ2) is 9.22. The lowest BCUT2D eigenvalue weighted by molar-refractivity contribution is -0.117. The van der Waals surface area contributed by atoms with Gasteiger partial charge in [-0.25, -0.2) is 4.68 Å². The summed E-state index contributed by atoms with van der Waals surface area (Å²) >= 11 is 6.50. The number of carbonyl (C=O) groups excluding carboxylic acids is 1. The van der Waals surface area contributed by atoms with Crippen LogP contribution in [-0.2, 0) is 11.3 Å². The fraction of sp³-hybridized carbons (Fsp3) is 0.174. The van der Waals surface area contributed by atoms with Crippen molar-refractivity contribution in [3.8, 4) is 6.07 Å². The standard InChI is InChI=1S/C23H21ClN4O/c1-16(19-11-7-4-8-12-19)26-23(29)20(14-25)13-21-17(2)27-28(22(21)24)15-18-9-5-3-6-10-18/h3-13,16H,15H2,1-2H3,(H,26,29)/b20-13+/t16-/m0/s1. The van der Waals surface area contributed by atoms with Gasteiger partial charge in [0.1, 0.15) is 16.8 Å². The number of amides is 1. The van der Waals surface area contributed by atoms with E-state index in [9.17, 15) is 10.1 Å². The number of nitriles is 1. The van der Waals surface area contributed by atoms with Gasteiger partial charge in [-0.1, -0.05) is 72.3 Å². The molecule has 0 aliphatic carbocycles. The molecule has 29 heavy (non-hydrogen) atoms. The lowest BCUT2D eigenvalue weighted by atomic mass is 10.1. The number of carbonyl (C=O) groups is 1. The van der Waals surface area contributed by atoms with Gasteiger partial charge in [-0.05, 0) is 31.1 Å². The van der Waals surface area contributed by atoms with E-state index >= 15 is 0 Å². The van der Waals surface area contributed by atoms with E-state index in [-0.39, 0.29) is 11.6 Å². The monoisotopic (exact) mass is 404 g/mol. The second-order valence-electron chi connectivity index (χ2n) is 6.71. The lowest BCUT2D eigenvalue weighted by Gasteiger charge is -2.13. The van der Waals surface area contributed by atoms with Crippen LogP contribution in [0.5, 0.6) is 0 Å². The number of rotatable bonds is 6. The zero-order valence-corrected chi connectivity index (χ0v) is 17.0. The van der Waals surface area contributed by atoms with Crippen LogP contribution in [0, 0.1) is 18.3 Å². The SMILES string of the molecule is Cc1nn(Cc2ccccc2)c(Cl)c1/C=C(\C#N)C(=O)N[C@@H](C)c1ccccc1. The molecular weight excluding hydrogens is 384 g/mol. The highest BCUT2D eigenvalue weighted by molar-refractivity contribution is 6.31. The quantitative estimate of drug-likeness (QED) is 0.479. The largest absolute Gasteiger partial charge is 0.345 e. The molecule has 1 N–H and O–H groups in total. The minimum absolute atomic E-state index is 0.0166. The Morgan fingerprint density at radius 3 is 2.45 bits per heavy atom. The lowest BCUT2D eigenvalue weighted by Crippen LogP contribution is -2.27. The molecule has 0 aliphatic rings. The molecule has 1 atom stereocenters. The molecule has 3 aromatic rings. The Hall–Kier alpha value is -3.36. The average molecular weight is 405 g/mol. The Morgan fingerprint density at radius 1 is 1.21 bits per heavy atom. The molecule has 0 unspecified atom stereocenters. The Bertz CT molecular complexity index is 1070. The highest BCUT2D eigenvalue weighted by Gasteiger charge is 2.17. The minimum Gasteiger partial charge on any atom is -0.345 e. The topological polar surface area (TPSA) is 70.7 Å². The molecule has 1 amide bonds. The van der Waals surface area contributed by atoms with Gasteiger partial charge in [0.2, 0.25) is 0 Å². The maximum absolute atomic E-state index is 12.6. The van der Waals surface area contributed by atoms with Crippen molar-refractivity contribution in [2.75, 3.05) is 0 Å². The summed E-state index contributed by atoms with van der Waals surface area (Å²) in [4.78, 5) is 12.6. The van der Waals surface area contributed by atoms with E-state index in [0.717, 1.165) is 11.1 Å². The molecule has 0 bridgehead atoms. The van der Waals surface area contributed by atoms with E-state index in [1.165, 1.54) is 6.08 Å². The van der Waals surface area contributed by atoms with E-state index in [1.54, 1.807) is 11.6 Å². The molecule has 3 rings (SSSR count). The summed E-state index contributed by atoms with van der Waals surface area (Å²) in [5.74, 6) is -0.449. The van der Waals surface area contributed by atoms with Gasteiger partial charge in [0.05, 0.1) is 18.3 Å². The third-order valence-electron chi connectivity index (χ3n) is 4.59. The van der Waals surface area contributed by atoms with E-state index in [2.05, 4.69) is 10.4 Å². The van der Waals surface area contributed by atoms with Gasteiger partial charge in [-0.2, -0.15) is 10.4 Å². The normalized spacial score (nSPS) is 12.3. The predicted molar refractivity (Wildman–Crippen MR) is 114 cm³/mol. The van der Waals surface area contributed by atoms with Crippen molar-refractivity contribution >= 4 is 23.6 Å². The Labute approximate surface area is 175 Å². The molecular formula is C23H21ClN4O. The summed E-state index contributed by atoms with van der Waals surface area (Å²) < 4.78 is 1.66. The van der Waals surface area contributed by atoms with Crippen LogP contribution in [0.1, 0.15) is 35.3 Å². The molecule has 1 heterocycles. The van der Waals surface area contributed by atoms with Crippen LogP contribution in [0.15, 0.2) is 66.2 Å². The fourth-order valence-electron chi connectivity index (χ4n) is 2.98. The van der Waals surface area contributed by atoms with E-state index < -0.39 is 5.91 Å². The molecule has 0 saturated carbocycles. The molecule has 0 radical (unpaired) electrons. The maximum atomic E-state index is 12.6. The number of hydrogen-bond acceptors (Lipinski definition) is 3. The number of halogens is 1. The first kappa shape index (κ1) is 20.4. The average Bonchev–Trinajstić information content (AvgIpc) is 3.00. The first-order valence-corrected chi connectivity index (χ1v) is 9.62. The van der Waals surface area contributed by atoms with Gasteiger partial charge in [0.25, 0.3) is 5.91 Å². The van der Waals surface area contributed by atoms with Crippen LogP contribution >= 0.6 is 11.6 Å². The van der Waals surface area contributed by atoms with Crippen LogP contribution in [0.3, 0.4) is 0 Å². The third-order valence-corrected chi connectivity index (χ3v) is 4.98. The molecule has 0 fully saturated rings. The van der Waals surface area contributed by atoms with Gasteiger partial charge in [-0.3, -0.25) is 4.79 Å². The van der Waals surface area contributed by atoms with Crippen molar-refractivity contribution in [3.05, 3.63) is 93.8 Å². The minimum atomic E-state index is -0.449. The van der Waals surface area contributed by atoms with Crippen molar-refractivity contribution in [1.29, 1.82) is 5.26 Å². The van der Waals surface area contributed by atoms with Crippen LogP contribution in [0.4, 0.5) is 0 Å². The van der Waals surface area contributed by atoms with Crippen LogP contribution in [0.2, 0.25) is 5.15 Å². The van der Waals surface area contributed by atoms with Gasteiger partial charge in [0, 0.05) is 5.56 Å². The van der Waals surface area contributed by atoms with Crippen LogP contribution in [0.25, 0.3) is 6.08 Å². The summed E-state index contributed by atoms with van der Waals surface area (Å²) in [5, 5.41) is 17.2. The molecule has 2 aromatic carbocycles. The predicted octanol–water partition coefficient (Wildman–Crippen LogP) is 4.68. The molecule has 0 saturated heterocycles. The van der Waals surface area contributed by atoms with Crippen molar-refractivity contribution in [3.63, 3.8) is 0 Å². The summed E-state index contributed by atoms with van der Waals surface area (Å²) in [5.41, 5.74) is 3.23. The highest BCUT2D eigenvalue weighted by Crippen LogP contribution is 2.24. The zero-order valence-electron chi connectivity index (χ0n) is 16.3. The Kier molecular flexibility index (Phi) is 6.48. The second-order valence-corrected chi connectivity index (χ2v) is 7.07. The van der Waals surface area contributed by atoms with Crippen LogP contribution < -0.4 is 5.32 Å². The highest BCUT2D eigenvalue weighted by atomic mass is 35.5. The summed E-state index contributed by atoms with van der Waals surface area (Å²) in [6, 6.07) is 21.2. The summed E-state index contributed by atoms with van der Waals surface area (Å²) in [6.45, 7) is 4.19. The van der Waals surface area contributed by atoms with E-state index in [0.29, 0.717) is 23.0 Å². The summed E-state index contributed by atoms with van der Waals surface area (Å²) in [6.07, 6.45) is 1.50. The van der Waals surface area contributed by atoms with Crippen molar-refractivity contribution in [1.82, 2.24) is 15.1 Å². The smallest absolute Gasteiger partial charge is 0.262 e.